The molecule has 0 radical (unpaired) electrons. The van der Waals surface area contributed by atoms with Crippen LogP contribution in [0, 0.1) is 5.82 Å². The number of aliphatic hydroxyl groups is 1. The number of hydrogen-bond donors (Lipinski definition) is 3. The summed E-state index contributed by atoms with van der Waals surface area (Å²) in [6.45, 7) is -0.0291. The summed E-state index contributed by atoms with van der Waals surface area (Å²) in [5.41, 5.74) is 5.43. The Hall–Kier alpha value is -1.46. The first-order valence-corrected chi connectivity index (χ1v) is 7.02. The summed E-state index contributed by atoms with van der Waals surface area (Å²) in [6, 6.07) is 5.99. The van der Waals surface area contributed by atoms with Crippen molar-refractivity contribution < 1.29 is 14.3 Å². The van der Waals surface area contributed by atoms with E-state index in [2.05, 4.69) is 5.32 Å². The van der Waals surface area contributed by atoms with Crippen molar-refractivity contribution in [1.82, 2.24) is 5.32 Å². The topological polar surface area (TPSA) is 75.4 Å². The Balaban J connectivity index is 1.91. The SMILES string of the molecule is NC1(C(=O)NCC(O)c2ccccc2F)CCCCC1. The Kier molecular flexibility index (Phi) is 4.73. The molecule has 0 aromatic heterocycles. The van der Waals surface area contributed by atoms with Crippen molar-refractivity contribution in [3.8, 4) is 0 Å². The summed E-state index contributed by atoms with van der Waals surface area (Å²) in [4.78, 5) is 12.1. The minimum Gasteiger partial charge on any atom is -0.386 e. The van der Waals surface area contributed by atoms with Crippen LogP contribution in [0.2, 0.25) is 0 Å². The van der Waals surface area contributed by atoms with Gasteiger partial charge in [-0.1, -0.05) is 37.5 Å². The lowest BCUT2D eigenvalue weighted by Gasteiger charge is -2.32. The molecule has 4 N–H and O–H groups in total. The van der Waals surface area contributed by atoms with Crippen LogP contribution in [0.3, 0.4) is 0 Å². The van der Waals surface area contributed by atoms with Crippen LogP contribution in [0.5, 0.6) is 0 Å². The second kappa shape index (κ2) is 6.33. The van der Waals surface area contributed by atoms with E-state index in [-0.39, 0.29) is 18.0 Å². The fourth-order valence-corrected chi connectivity index (χ4v) is 2.63. The van der Waals surface area contributed by atoms with Gasteiger partial charge in [0, 0.05) is 12.1 Å². The second-order valence-electron chi connectivity index (χ2n) is 5.46. The maximum absolute atomic E-state index is 13.5. The van der Waals surface area contributed by atoms with E-state index in [0.717, 1.165) is 19.3 Å². The number of rotatable bonds is 4. The Morgan fingerprint density at radius 3 is 2.65 bits per heavy atom. The highest BCUT2D eigenvalue weighted by Gasteiger charge is 2.35. The van der Waals surface area contributed by atoms with Gasteiger partial charge in [0.2, 0.25) is 5.91 Å². The first kappa shape index (κ1) is 14.9. The number of carbonyl (C=O) groups excluding carboxylic acids is 1. The highest BCUT2D eigenvalue weighted by molar-refractivity contribution is 5.86. The van der Waals surface area contributed by atoms with Gasteiger partial charge >= 0.3 is 0 Å². The van der Waals surface area contributed by atoms with Gasteiger partial charge in [-0.05, 0) is 18.9 Å². The quantitative estimate of drug-likeness (QED) is 0.784. The smallest absolute Gasteiger partial charge is 0.240 e. The van der Waals surface area contributed by atoms with E-state index < -0.39 is 17.5 Å². The Labute approximate surface area is 118 Å². The van der Waals surface area contributed by atoms with Gasteiger partial charge in [-0.25, -0.2) is 4.39 Å². The molecule has 0 spiro atoms. The molecule has 1 amide bonds. The predicted octanol–water partition coefficient (Wildman–Crippen LogP) is 1.64. The second-order valence-corrected chi connectivity index (χ2v) is 5.46. The standard InChI is InChI=1S/C15H21FN2O2/c16-12-7-3-2-6-11(12)13(19)10-18-14(20)15(17)8-4-1-5-9-15/h2-3,6-7,13,19H,1,4-5,8-10,17H2,(H,18,20). The van der Waals surface area contributed by atoms with Crippen molar-refractivity contribution >= 4 is 5.91 Å². The van der Waals surface area contributed by atoms with E-state index >= 15 is 0 Å². The van der Waals surface area contributed by atoms with Crippen LogP contribution in [0.25, 0.3) is 0 Å². The van der Waals surface area contributed by atoms with E-state index in [1.807, 2.05) is 0 Å². The number of benzene rings is 1. The van der Waals surface area contributed by atoms with Crippen LogP contribution in [0.4, 0.5) is 4.39 Å². The number of amides is 1. The number of nitrogens with two attached hydrogens (primary N) is 1. The molecule has 1 unspecified atom stereocenters. The number of halogens is 1. The molecule has 0 aliphatic heterocycles. The van der Waals surface area contributed by atoms with Crippen molar-refractivity contribution in [1.29, 1.82) is 0 Å². The minimum absolute atomic E-state index is 0.0291. The zero-order valence-corrected chi connectivity index (χ0v) is 11.4. The molecule has 0 bridgehead atoms. The summed E-state index contributed by atoms with van der Waals surface area (Å²) in [5.74, 6) is -0.734. The molecule has 1 aliphatic rings. The molecular formula is C15H21FN2O2. The number of hydrogen-bond acceptors (Lipinski definition) is 3. The molecular weight excluding hydrogens is 259 g/mol. The predicted molar refractivity (Wildman–Crippen MR) is 74.4 cm³/mol. The molecule has 2 rings (SSSR count). The van der Waals surface area contributed by atoms with E-state index in [1.165, 1.54) is 12.1 Å². The van der Waals surface area contributed by atoms with Gasteiger partial charge in [0.05, 0.1) is 11.6 Å². The van der Waals surface area contributed by atoms with Crippen LogP contribution in [0.1, 0.15) is 43.8 Å². The van der Waals surface area contributed by atoms with Gasteiger partial charge in [-0.15, -0.1) is 0 Å². The third kappa shape index (κ3) is 3.35. The maximum atomic E-state index is 13.5. The van der Waals surface area contributed by atoms with Crippen molar-refractivity contribution in [2.75, 3.05) is 6.54 Å². The largest absolute Gasteiger partial charge is 0.386 e. The van der Waals surface area contributed by atoms with Crippen molar-refractivity contribution in [2.24, 2.45) is 5.73 Å². The highest BCUT2D eigenvalue weighted by Crippen LogP contribution is 2.26. The zero-order chi connectivity index (χ0) is 14.6. The monoisotopic (exact) mass is 280 g/mol. The molecule has 0 heterocycles. The molecule has 1 aromatic rings. The molecule has 110 valence electrons. The van der Waals surface area contributed by atoms with Crippen LogP contribution in [-0.2, 0) is 4.79 Å². The first-order valence-electron chi connectivity index (χ1n) is 7.02. The van der Waals surface area contributed by atoms with Gasteiger partial charge in [-0.3, -0.25) is 4.79 Å². The molecule has 20 heavy (non-hydrogen) atoms. The van der Waals surface area contributed by atoms with E-state index in [0.29, 0.717) is 12.8 Å². The molecule has 1 aromatic carbocycles. The van der Waals surface area contributed by atoms with Gasteiger partial charge in [0.15, 0.2) is 0 Å². The van der Waals surface area contributed by atoms with Crippen molar-refractivity contribution in [3.05, 3.63) is 35.6 Å². The molecule has 1 aliphatic carbocycles. The van der Waals surface area contributed by atoms with Crippen LogP contribution < -0.4 is 11.1 Å². The molecule has 1 saturated carbocycles. The van der Waals surface area contributed by atoms with Gasteiger partial charge in [0.1, 0.15) is 5.82 Å². The average Bonchev–Trinajstić information content (AvgIpc) is 2.45. The fourth-order valence-electron chi connectivity index (χ4n) is 2.63. The summed E-state index contributed by atoms with van der Waals surface area (Å²) in [5, 5.41) is 12.6. The van der Waals surface area contributed by atoms with E-state index in [9.17, 15) is 14.3 Å². The average molecular weight is 280 g/mol. The van der Waals surface area contributed by atoms with Gasteiger partial charge < -0.3 is 16.2 Å². The summed E-state index contributed by atoms with van der Waals surface area (Å²) < 4.78 is 13.5. The molecule has 1 fully saturated rings. The minimum atomic E-state index is -1.06. The summed E-state index contributed by atoms with van der Waals surface area (Å²) in [6.07, 6.45) is 3.25. The molecule has 1 atom stereocenters. The maximum Gasteiger partial charge on any atom is 0.240 e. The van der Waals surface area contributed by atoms with Crippen molar-refractivity contribution in [3.63, 3.8) is 0 Å². The lowest BCUT2D eigenvalue weighted by atomic mass is 9.82. The Morgan fingerprint density at radius 2 is 2.00 bits per heavy atom. The van der Waals surface area contributed by atoms with Crippen LogP contribution >= 0.6 is 0 Å². The zero-order valence-electron chi connectivity index (χ0n) is 11.4. The lowest BCUT2D eigenvalue weighted by Crippen LogP contribution is -2.55. The third-order valence-corrected chi connectivity index (χ3v) is 3.92. The molecule has 5 heteroatoms. The van der Waals surface area contributed by atoms with E-state index in [1.54, 1.807) is 12.1 Å². The Morgan fingerprint density at radius 1 is 1.35 bits per heavy atom. The molecule has 0 saturated heterocycles. The summed E-state index contributed by atoms with van der Waals surface area (Å²) >= 11 is 0. The Bertz CT molecular complexity index is 473. The first-order chi connectivity index (χ1) is 9.53. The van der Waals surface area contributed by atoms with Crippen molar-refractivity contribution in [2.45, 2.75) is 43.7 Å². The number of carbonyl (C=O) groups is 1. The number of nitrogens with one attached hydrogen (secondary N) is 1. The lowest BCUT2D eigenvalue weighted by molar-refractivity contribution is -0.128. The molecule has 4 nitrogen and oxygen atoms in total. The van der Waals surface area contributed by atoms with Crippen LogP contribution in [-0.4, -0.2) is 23.1 Å². The highest BCUT2D eigenvalue weighted by atomic mass is 19.1. The number of aliphatic hydroxyl groups excluding tert-OH is 1. The summed E-state index contributed by atoms with van der Waals surface area (Å²) in [7, 11) is 0. The van der Waals surface area contributed by atoms with Gasteiger partial charge in [-0.2, -0.15) is 0 Å². The van der Waals surface area contributed by atoms with Gasteiger partial charge in [0.25, 0.3) is 0 Å². The van der Waals surface area contributed by atoms with Crippen LogP contribution in [0.15, 0.2) is 24.3 Å². The normalized spacial score (nSPS) is 19.4. The third-order valence-electron chi connectivity index (χ3n) is 3.92. The fraction of sp³-hybridized carbons (Fsp3) is 0.533. The van der Waals surface area contributed by atoms with E-state index in [4.69, 9.17) is 5.73 Å².